The van der Waals surface area contributed by atoms with Crippen molar-refractivity contribution in [3.05, 3.63) is 16.1 Å². The first-order chi connectivity index (χ1) is 8.20. The third-order valence-corrected chi connectivity index (χ3v) is 4.17. The number of primary amides is 1. The maximum absolute atomic E-state index is 11.4. The number of hydrogen-bond acceptors (Lipinski definition) is 4. The molecule has 0 aliphatic carbocycles. The minimum absolute atomic E-state index is 0.132. The highest BCUT2D eigenvalue weighted by Crippen LogP contribution is 2.21. The molecule has 4 nitrogen and oxygen atoms in total. The molecule has 17 heavy (non-hydrogen) atoms. The standard InChI is InChI=1S/C11H16ClN3OS/c12-5-8-7-17-10(14-8)6-15-4-2-1-3-9(15)11(13)16/h7,9H,1-6H2,(H2,13,16). The molecule has 1 aliphatic rings. The summed E-state index contributed by atoms with van der Waals surface area (Å²) >= 11 is 7.31. The van der Waals surface area contributed by atoms with Gasteiger partial charge in [-0.1, -0.05) is 6.42 Å². The molecular weight excluding hydrogens is 258 g/mol. The summed E-state index contributed by atoms with van der Waals surface area (Å²) in [5, 5.41) is 2.97. The zero-order chi connectivity index (χ0) is 12.3. The number of hydrogen-bond donors (Lipinski definition) is 1. The van der Waals surface area contributed by atoms with Gasteiger partial charge in [0.15, 0.2) is 0 Å². The van der Waals surface area contributed by atoms with E-state index < -0.39 is 0 Å². The molecule has 2 N–H and O–H groups in total. The number of alkyl halides is 1. The normalized spacial score (nSPS) is 21.6. The number of aromatic nitrogens is 1. The molecule has 0 bridgehead atoms. The summed E-state index contributed by atoms with van der Waals surface area (Å²) in [6.45, 7) is 1.62. The van der Waals surface area contributed by atoms with Crippen molar-refractivity contribution in [2.24, 2.45) is 5.73 Å². The van der Waals surface area contributed by atoms with Crippen LogP contribution in [0.15, 0.2) is 5.38 Å². The fraction of sp³-hybridized carbons (Fsp3) is 0.636. The Morgan fingerprint density at radius 1 is 1.65 bits per heavy atom. The molecule has 1 atom stereocenters. The molecule has 1 aromatic heterocycles. The van der Waals surface area contributed by atoms with Gasteiger partial charge in [-0.2, -0.15) is 0 Å². The fourth-order valence-electron chi connectivity index (χ4n) is 2.16. The Balaban J connectivity index is 2.02. The lowest BCUT2D eigenvalue weighted by Crippen LogP contribution is -2.47. The van der Waals surface area contributed by atoms with E-state index in [0.717, 1.165) is 36.5 Å². The van der Waals surface area contributed by atoms with Crippen LogP contribution in [0.4, 0.5) is 0 Å². The Kier molecular flexibility index (Phi) is 4.36. The van der Waals surface area contributed by atoms with Gasteiger partial charge in [0.1, 0.15) is 5.01 Å². The molecule has 94 valence electrons. The van der Waals surface area contributed by atoms with E-state index in [-0.39, 0.29) is 11.9 Å². The molecular formula is C11H16ClN3OS. The van der Waals surface area contributed by atoms with Gasteiger partial charge in [0.05, 0.1) is 24.2 Å². The van der Waals surface area contributed by atoms with Crippen LogP contribution in [0.3, 0.4) is 0 Å². The molecule has 0 spiro atoms. The van der Waals surface area contributed by atoms with Crippen LogP contribution in [-0.4, -0.2) is 28.4 Å². The second-order valence-corrected chi connectivity index (χ2v) is 5.46. The Labute approximate surface area is 110 Å². The number of nitrogens with two attached hydrogens (primary N) is 1. The van der Waals surface area contributed by atoms with Gasteiger partial charge in [-0.05, 0) is 19.4 Å². The molecule has 1 fully saturated rings. The van der Waals surface area contributed by atoms with Crippen LogP contribution in [-0.2, 0) is 17.2 Å². The van der Waals surface area contributed by atoms with Crippen molar-refractivity contribution in [3.8, 4) is 0 Å². The first-order valence-corrected chi connectivity index (χ1v) is 7.14. The third kappa shape index (κ3) is 3.18. The summed E-state index contributed by atoms with van der Waals surface area (Å²) in [6, 6.07) is -0.132. The molecule has 1 aliphatic heterocycles. The molecule has 1 saturated heterocycles. The first kappa shape index (κ1) is 12.8. The van der Waals surface area contributed by atoms with Gasteiger partial charge in [-0.15, -0.1) is 22.9 Å². The molecule has 0 aromatic carbocycles. The summed E-state index contributed by atoms with van der Waals surface area (Å²) in [6.07, 6.45) is 3.06. The highest BCUT2D eigenvalue weighted by Gasteiger charge is 2.27. The van der Waals surface area contributed by atoms with Gasteiger partial charge < -0.3 is 5.73 Å². The molecule has 0 radical (unpaired) electrons. The van der Waals surface area contributed by atoms with E-state index >= 15 is 0 Å². The van der Waals surface area contributed by atoms with E-state index in [4.69, 9.17) is 17.3 Å². The highest BCUT2D eigenvalue weighted by molar-refractivity contribution is 7.09. The van der Waals surface area contributed by atoms with Gasteiger partial charge in [-0.25, -0.2) is 4.98 Å². The highest BCUT2D eigenvalue weighted by atomic mass is 35.5. The minimum Gasteiger partial charge on any atom is -0.368 e. The zero-order valence-corrected chi connectivity index (χ0v) is 11.1. The first-order valence-electron chi connectivity index (χ1n) is 5.73. The molecule has 1 amide bonds. The smallest absolute Gasteiger partial charge is 0.234 e. The summed E-state index contributed by atoms with van der Waals surface area (Å²) in [5.74, 6) is 0.217. The van der Waals surface area contributed by atoms with Crippen molar-refractivity contribution >= 4 is 28.8 Å². The Morgan fingerprint density at radius 2 is 2.47 bits per heavy atom. The van der Waals surface area contributed by atoms with Crippen molar-refractivity contribution in [3.63, 3.8) is 0 Å². The topological polar surface area (TPSA) is 59.2 Å². The SMILES string of the molecule is NC(=O)C1CCCCN1Cc1nc(CCl)cs1. The Morgan fingerprint density at radius 3 is 3.12 bits per heavy atom. The zero-order valence-electron chi connectivity index (χ0n) is 9.56. The van der Waals surface area contributed by atoms with E-state index in [9.17, 15) is 4.79 Å². The molecule has 6 heteroatoms. The maximum atomic E-state index is 11.4. The number of piperidine rings is 1. The van der Waals surface area contributed by atoms with Crippen LogP contribution in [0.1, 0.15) is 30.0 Å². The van der Waals surface area contributed by atoms with E-state index in [1.165, 1.54) is 0 Å². The number of halogens is 1. The van der Waals surface area contributed by atoms with E-state index in [0.29, 0.717) is 12.4 Å². The van der Waals surface area contributed by atoms with Crippen molar-refractivity contribution < 1.29 is 4.79 Å². The monoisotopic (exact) mass is 273 g/mol. The predicted molar refractivity (Wildman–Crippen MR) is 68.9 cm³/mol. The lowest BCUT2D eigenvalue weighted by molar-refractivity contribution is -0.124. The molecule has 2 rings (SSSR count). The molecule has 1 unspecified atom stereocenters. The summed E-state index contributed by atoms with van der Waals surface area (Å²) in [5.41, 5.74) is 6.33. The third-order valence-electron chi connectivity index (χ3n) is 3.02. The number of amides is 1. The number of rotatable bonds is 4. The van der Waals surface area contributed by atoms with Gasteiger partial charge in [0.2, 0.25) is 5.91 Å². The van der Waals surface area contributed by atoms with Gasteiger partial charge in [-0.3, -0.25) is 9.69 Å². The van der Waals surface area contributed by atoms with Crippen molar-refractivity contribution in [2.45, 2.75) is 37.7 Å². The van der Waals surface area contributed by atoms with Crippen LogP contribution >= 0.6 is 22.9 Å². The minimum atomic E-state index is -0.223. The Hall–Kier alpha value is -0.650. The van der Waals surface area contributed by atoms with E-state index in [2.05, 4.69) is 9.88 Å². The molecule has 2 heterocycles. The number of carbonyl (C=O) groups is 1. The second kappa shape index (κ2) is 5.80. The summed E-state index contributed by atoms with van der Waals surface area (Å²) in [7, 11) is 0. The van der Waals surface area contributed by atoms with Crippen LogP contribution in [0.5, 0.6) is 0 Å². The van der Waals surface area contributed by atoms with Gasteiger partial charge >= 0.3 is 0 Å². The number of nitrogens with zero attached hydrogens (tertiary/aromatic N) is 2. The average molecular weight is 274 g/mol. The van der Waals surface area contributed by atoms with Gasteiger partial charge in [0, 0.05) is 5.38 Å². The van der Waals surface area contributed by atoms with E-state index in [1.807, 2.05) is 5.38 Å². The predicted octanol–water partition coefficient (Wildman–Crippen LogP) is 1.72. The van der Waals surface area contributed by atoms with Crippen molar-refractivity contribution in [1.29, 1.82) is 0 Å². The second-order valence-electron chi connectivity index (χ2n) is 4.25. The number of likely N-dealkylation sites (tertiary alicyclic amines) is 1. The van der Waals surface area contributed by atoms with Crippen LogP contribution in [0.25, 0.3) is 0 Å². The quantitative estimate of drug-likeness (QED) is 0.850. The fourth-order valence-corrected chi connectivity index (χ4v) is 3.21. The average Bonchev–Trinajstić information content (AvgIpc) is 2.77. The summed E-state index contributed by atoms with van der Waals surface area (Å²) in [4.78, 5) is 17.9. The van der Waals surface area contributed by atoms with Gasteiger partial charge in [0.25, 0.3) is 0 Å². The molecule has 0 saturated carbocycles. The van der Waals surface area contributed by atoms with Crippen LogP contribution < -0.4 is 5.73 Å². The van der Waals surface area contributed by atoms with E-state index in [1.54, 1.807) is 11.3 Å². The summed E-state index contributed by atoms with van der Waals surface area (Å²) < 4.78 is 0. The van der Waals surface area contributed by atoms with Crippen LogP contribution in [0.2, 0.25) is 0 Å². The molecule has 1 aromatic rings. The largest absolute Gasteiger partial charge is 0.368 e. The lowest BCUT2D eigenvalue weighted by Gasteiger charge is -2.32. The maximum Gasteiger partial charge on any atom is 0.234 e. The number of carbonyl (C=O) groups excluding carboxylic acids is 1. The lowest BCUT2D eigenvalue weighted by atomic mass is 10.0. The van der Waals surface area contributed by atoms with Crippen molar-refractivity contribution in [2.75, 3.05) is 6.54 Å². The number of thiazole rings is 1. The van der Waals surface area contributed by atoms with Crippen molar-refractivity contribution in [1.82, 2.24) is 9.88 Å². The van der Waals surface area contributed by atoms with Crippen LogP contribution in [0, 0.1) is 0 Å². The Bertz CT molecular complexity index is 396.